The van der Waals surface area contributed by atoms with E-state index in [1.807, 2.05) is 49.4 Å². The lowest BCUT2D eigenvalue weighted by molar-refractivity contribution is -0.135. The summed E-state index contributed by atoms with van der Waals surface area (Å²) in [4.78, 5) is 28.9. The van der Waals surface area contributed by atoms with Gasteiger partial charge in [-0.1, -0.05) is 37.3 Å². The summed E-state index contributed by atoms with van der Waals surface area (Å²) in [5.41, 5.74) is 1.08. The molecule has 1 fully saturated rings. The number of amides is 2. The first kappa shape index (κ1) is 23.4. The Kier molecular flexibility index (Phi) is 8.78. The second-order valence-corrected chi connectivity index (χ2v) is 7.53. The number of nitrogens with zero attached hydrogens (tertiary/aromatic N) is 2. The van der Waals surface area contributed by atoms with Gasteiger partial charge in [0.05, 0.1) is 6.61 Å². The van der Waals surface area contributed by atoms with Crippen molar-refractivity contribution < 1.29 is 23.8 Å². The molecule has 1 aliphatic heterocycles. The number of para-hydroxylation sites is 3. The molecule has 0 aromatic heterocycles. The molecule has 3 rings (SSSR count). The Labute approximate surface area is 189 Å². The predicted octanol–water partition coefficient (Wildman–Crippen LogP) is 3.17. The molecular formula is C25H32N2O5. The molecule has 0 aliphatic carbocycles. The van der Waals surface area contributed by atoms with Crippen LogP contribution in [0.5, 0.6) is 17.2 Å². The van der Waals surface area contributed by atoms with Crippen molar-refractivity contribution in [3.63, 3.8) is 0 Å². The van der Waals surface area contributed by atoms with E-state index in [4.69, 9.17) is 14.2 Å². The highest BCUT2D eigenvalue weighted by molar-refractivity contribution is 5.79. The highest BCUT2D eigenvalue weighted by Gasteiger charge is 2.23. The summed E-state index contributed by atoms with van der Waals surface area (Å²) in [6.07, 6.45) is 1.57. The maximum atomic E-state index is 12.7. The molecule has 2 amide bonds. The number of ether oxygens (including phenoxy) is 3. The SMILES string of the molecule is CCOc1ccccc1OCC(=O)N1CCCN(C(=O)COc2ccccc2CC)CC1. The summed E-state index contributed by atoms with van der Waals surface area (Å²) in [5, 5.41) is 0. The van der Waals surface area contributed by atoms with Crippen LogP contribution in [0.15, 0.2) is 48.5 Å². The molecule has 0 unspecified atom stereocenters. The van der Waals surface area contributed by atoms with Crippen LogP contribution in [-0.2, 0) is 16.0 Å². The van der Waals surface area contributed by atoms with Crippen molar-refractivity contribution in [3.05, 3.63) is 54.1 Å². The molecule has 2 aromatic carbocycles. The zero-order valence-corrected chi connectivity index (χ0v) is 18.9. The number of hydrogen-bond acceptors (Lipinski definition) is 5. The van der Waals surface area contributed by atoms with Gasteiger partial charge < -0.3 is 24.0 Å². The molecule has 1 aliphatic rings. The van der Waals surface area contributed by atoms with Gasteiger partial charge >= 0.3 is 0 Å². The van der Waals surface area contributed by atoms with Crippen LogP contribution < -0.4 is 14.2 Å². The van der Waals surface area contributed by atoms with Gasteiger partial charge in [-0.25, -0.2) is 0 Å². The zero-order chi connectivity index (χ0) is 22.8. The summed E-state index contributed by atoms with van der Waals surface area (Å²) in [5.74, 6) is 1.77. The van der Waals surface area contributed by atoms with E-state index in [1.165, 1.54) is 0 Å². The maximum absolute atomic E-state index is 12.7. The van der Waals surface area contributed by atoms with E-state index in [0.717, 1.165) is 24.2 Å². The fourth-order valence-electron chi connectivity index (χ4n) is 3.66. The molecule has 0 bridgehead atoms. The quantitative estimate of drug-likeness (QED) is 0.599. The van der Waals surface area contributed by atoms with Crippen LogP contribution in [0.2, 0.25) is 0 Å². The number of carbonyl (C=O) groups is 2. The van der Waals surface area contributed by atoms with E-state index < -0.39 is 0 Å². The Hall–Kier alpha value is -3.22. The summed E-state index contributed by atoms with van der Waals surface area (Å²) < 4.78 is 17.0. The van der Waals surface area contributed by atoms with E-state index in [-0.39, 0.29) is 25.0 Å². The van der Waals surface area contributed by atoms with Gasteiger partial charge in [-0.15, -0.1) is 0 Å². The van der Waals surface area contributed by atoms with Crippen molar-refractivity contribution in [2.75, 3.05) is 46.0 Å². The topological polar surface area (TPSA) is 68.3 Å². The summed E-state index contributed by atoms with van der Waals surface area (Å²) >= 11 is 0. The fraction of sp³-hybridized carbons (Fsp3) is 0.440. The van der Waals surface area contributed by atoms with Gasteiger partial charge in [0.2, 0.25) is 0 Å². The van der Waals surface area contributed by atoms with Gasteiger partial charge in [0.25, 0.3) is 11.8 Å². The third-order valence-corrected chi connectivity index (χ3v) is 5.41. The molecule has 0 atom stereocenters. The van der Waals surface area contributed by atoms with Crippen molar-refractivity contribution in [2.24, 2.45) is 0 Å². The van der Waals surface area contributed by atoms with Gasteiger partial charge in [-0.05, 0) is 43.5 Å². The van der Waals surface area contributed by atoms with E-state index in [1.54, 1.807) is 15.9 Å². The third-order valence-electron chi connectivity index (χ3n) is 5.41. The number of carbonyl (C=O) groups excluding carboxylic acids is 2. The van der Waals surface area contributed by atoms with E-state index in [9.17, 15) is 9.59 Å². The van der Waals surface area contributed by atoms with Crippen molar-refractivity contribution in [1.82, 2.24) is 9.80 Å². The van der Waals surface area contributed by atoms with Crippen LogP contribution in [0.25, 0.3) is 0 Å². The molecular weight excluding hydrogens is 408 g/mol. The lowest BCUT2D eigenvalue weighted by Crippen LogP contribution is -2.40. The molecule has 0 saturated carbocycles. The molecule has 1 saturated heterocycles. The highest BCUT2D eigenvalue weighted by atomic mass is 16.5. The van der Waals surface area contributed by atoms with Crippen molar-refractivity contribution in [2.45, 2.75) is 26.7 Å². The summed E-state index contributed by atoms with van der Waals surface area (Å²) in [7, 11) is 0. The largest absolute Gasteiger partial charge is 0.490 e. The van der Waals surface area contributed by atoms with E-state index in [2.05, 4.69) is 6.92 Å². The first-order valence-corrected chi connectivity index (χ1v) is 11.2. The van der Waals surface area contributed by atoms with Crippen molar-refractivity contribution >= 4 is 11.8 Å². The van der Waals surface area contributed by atoms with Gasteiger partial charge in [0.1, 0.15) is 5.75 Å². The van der Waals surface area contributed by atoms with Crippen molar-refractivity contribution in [1.29, 1.82) is 0 Å². The Morgan fingerprint density at radius 3 is 1.78 bits per heavy atom. The second-order valence-electron chi connectivity index (χ2n) is 7.53. The van der Waals surface area contributed by atoms with Crippen LogP contribution in [0, 0.1) is 0 Å². The molecule has 7 heteroatoms. The number of aryl methyl sites for hydroxylation is 1. The maximum Gasteiger partial charge on any atom is 0.260 e. The molecule has 0 radical (unpaired) electrons. The van der Waals surface area contributed by atoms with Crippen LogP contribution in [0.1, 0.15) is 25.8 Å². The van der Waals surface area contributed by atoms with E-state index >= 15 is 0 Å². The van der Waals surface area contributed by atoms with Gasteiger partial charge in [-0.3, -0.25) is 9.59 Å². The van der Waals surface area contributed by atoms with Crippen LogP contribution >= 0.6 is 0 Å². The first-order valence-electron chi connectivity index (χ1n) is 11.2. The van der Waals surface area contributed by atoms with Gasteiger partial charge in [0.15, 0.2) is 24.7 Å². The Morgan fingerprint density at radius 2 is 1.22 bits per heavy atom. The Morgan fingerprint density at radius 1 is 0.719 bits per heavy atom. The molecule has 7 nitrogen and oxygen atoms in total. The fourth-order valence-corrected chi connectivity index (χ4v) is 3.66. The minimum absolute atomic E-state index is 0.00227. The number of benzene rings is 2. The zero-order valence-electron chi connectivity index (χ0n) is 18.9. The highest BCUT2D eigenvalue weighted by Crippen LogP contribution is 2.26. The molecule has 0 spiro atoms. The number of rotatable bonds is 9. The predicted molar refractivity (Wildman–Crippen MR) is 122 cm³/mol. The monoisotopic (exact) mass is 440 g/mol. The average molecular weight is 441 g/mol. The van der Waals surface area contributed by atoms with Gasteiger partial charge in [0, 0.05) is 26.2 Å². The summed E-state index contributed by atoms with van der Waals surface area (Å²) in [6.45, 7) is 6.60. The summed E-state index contributed by atoms with van der Waals surface area (Å²) in [6, 6.07) is 15.1. The Balaban J connectivity index is 1.48. The van der Waals surface area contributed by atoms with E-state index in [0.29, 0.717) is 44.3 Å². The van der Waals surface area contributed by atoms with Crippen LogP contribution in [-0.4, -0.2) is 67.6 Å². The molecule has 172 valence electrons. The second kappa shape index (κ2) is 12.0. The third kappa shape index (κ3) is 6.39. The lowest BCUT2D eigenvalue weighted by Gasteiger charge is -2.22. The van der Waals surface area contributed by atoms with Crippen LogP contribution in [0.3, 0.4) is 0 Å². The standard InChI is InChI=1S/C25H32N2O5/c1-3-20-10-5-6-11-21(20)31-18-24(28)26-14-9-15-27(17-16-26)25(29)19-32-23-13-8-7-12-22(23)30-4-2/h5-8,10-13H,3-4,9,14-19H2,1-2H3. The minimum atomic E-state index is -0.0984. The lowest BCUT2D eigenvalue weighted by atomic mass is 10.1. The molecule has 0 N–H and O–H groups in total. The smallest absolute Gasteiger partial charge is 0.260 e. The van der Waals surface area contributed by atoms with Crippen LogP contribution in [0.4, 0.5) is 0 Å². The first-order chi connectivity index (χ1) is 15.6. The Bertz CT molecular complexity index is 901. The molecule has 1 heterocycles. The van der Waals surface area contributed by atoms with Gasteiger partial charge in [-0.2, -0.15) is 0 Å². The van der Waals surface area contributed by atoms with Crippen molar-refractivity contribution in [3.8, 4) is 17.2 Å². The molecule has 32 heavy (non-hydrogen) atoms. The normalized spacial score (nSPS) is 13.9. The average Bonchev–Trinajstić information content (AvgIpc) is 3.09. The molecule has 2 aromatic rings. The number of hydrogen-bond donors (Lipinski definition) is 0. The minimum Gasteiger partial charge on any atom is -0.490 e.